The SMILES string of the molecule is N#Cc1c2n(c(=O)n(Cc3noc(-c4ccc(Cl)cc4)n3)c1=O)CCC2. The van der Waals surface area contributed by atoms with Crippen LogP contribution in [0, 0.1) is 11.3 Å². The first-order valence-electron chi connectivity index (χ1n) is 7.93. The summed E-state index contributed by atoms with van der Waals surface area (Å²) in [6.45, 7) is 0.328. The fourth-order valence-corrected chi connectivity index (χ4v) is 3.18. The number of aromatic nitrogens is 4. The molecule has 0 spiro atoms. The van der Waals surface area contributed by atoms with Crippen molar-refractivity contribution in [2.24, 2.45) is 0 Å². The molecule has 4 rings (SSSR count). The molecule has 0 atom stereocenters. The van der Waals surface area contributed by atoms with Gasteiger partial charge >= 0.3 is 5.69 Å². The summed E-state index contributed by atoms with van der Waals surface area (Å²) in [5, 5.41) is 13.7. The Kier molecular flexibility index (Phi) is 3.93. The zero-order valence-electron chi connectivity index (χ0n) is 13.5. The molecule has 0 radical (unpaired) electrons. The minimum atomic E-state index is -0.622. The first-order chi connectivity index (χ1) is 12.6. The lowest BCUT2D eigenvalue weighted by Crippen LogP contribution is -2.42. The van der Waals surface area contributed by atoms with Crippen LogP contribution in [0.25, 0.3) is 11.5 Å². The van der Waals surface area contributed by atoms with E-state index in [0.717, 1.165) is 11.0 Å². The lowest BCUT2D eigenvalue weighted by atomic mass is 10.2. The van der Waals surface area contributed by atoms with Crippen molar-refractivity contribution < 1.29 is 4.52 Å². The van der Waals surface area contributed by atoms with Gasteiger partial charge in [-0.25, -0.2) is 4.79 Å². The number of hydrogen-bond donors (Lipinski definition) is 0. The van der Waals surface area contributed by atoms with Crippen molar-refractivity contribution in [3.63, 3.8) is 0 Å². The summed E-state index contributed by atoms with van der Waals surface area (Å²) in [6, 6.07) is 8.75. The molecule has 1 aliphatic heterocycles. The van der Waals surface area contributed by atoms with Crippen LogP contribution in [0.2, 0.25) is 5.02 Å². The highest BCUT2D eigenvalue weighted by molar-refractivity contribution is 6.30. The van der Waals surface area contributed by atoms with E-state index in [1.54, 1.807) is 24.3 Å². The molecule has 0 saturated heterocycles. The molecule has 0 aliphatic carbocycles. The molecule has 1 aliphatic rings. The van der Waals surface area contributed by atoms with Crippen LogP contribution in [-0.4, -0.2) is 19.3 Å². The first-order valence-corrected chi connectivity index (χ1v) is 8.31. The number of nitriles is 1. The van der Waals surface area contributed by atoms with E-state index in [9.17, 15) is 14.9 Å². The van der Waals surface area contributed by atoms with Crippen molar-refractivity contribution in [2.45, 2.75) is 25.9 Å². The number of halogens is 1. The van der Waals surface area contributed by atoms with Crippen LogP contribution in [0.1, 0.15) is 23.5 Å². The molecular formula is C17H12ClN5O3. The molecule has 1 aromatic carbocycles. The van der Waals surface area contributed by atoms with E-state index in [0.29, 0.717) is 29.2 Å². The van der Waals surface area contributed by atoms with Crippen molar-refractivity contribution in [1.29, 1.82) is 5.26 Å². The average molecular weight is 370 g/mol. The van der Waals surface area contributed by atoms with Crippen LogP contribution in [0.3, 0.4) is 0 Å². The van der Waals surface area contributed by atoms with Crippen molar-refractivity contribution in [1.82, 2.24) is 19.3 Å². The summed E-state index contributed by atoms with van der Waals surface area (Å²) < 4.78 is 7.65. The highest BCUT2D eigenvalue weighted by Gasteiger charge is 2.23. The van der Waals surface area contributed by atoms with Crippen LogP contribution in [-0.2, 0) is 19.5 Å². The van der Waals surface area contributed by atoms with Gasteiger partial charge in [-0.1, -0.05) is 16.8 Å². The van der Waals surface area contributed by atoms with E-state index < -0.39 is 11.2 Å². The molecule has 2 aromatic heterocycles. The summed E-state index contributed by atoms with van der Waals surface area (Å²) in [5.41, 5.74) is 0.101. The fourth-order valence-electron chi connectivity index (χ4n) is 3.06. The van der Waals surface area contributed by atoms with Gasteiger partial charge in [0.05, 0.1) is 6.54 Å². The van der Waals surface area contributed by atoms with Gasteiger partial charge in [0, 0.05) is 22.8 Å². The Balaban J connectivity index is 1.73. The maximum Gasteiger partial charge on any atom is 0.331 e. The summed E-state index contributed by atoms with van der Waals surface area (Å²) in [5.74, 6) is 0.433. The van der Waals surface area contributed by atoms with Crippen molar-refractivity contribution >= 4 is 11.6 Å². The molecular weight excluding hydrogens is 358 g/mol. The number of hydrogen-bond acceptors (Lipinski definition) is 6. The number of benzene rings is 1. The van der Waals surface area contributed by atoms with Crippen molar-refractivity contribution in [3.05, 3.63) is 67.2 Å². The van der Waals surface area contributed by atoms with E-state index in [1.165, 1.54) is 4.57 Å². The predicted molar refractivity (Wildman–Crippen MR) is 91.8 cm³/mol. The quantitative estimate of drug-likeness (QED) is 0.693. The van der Waals surface area contributed by atoms with Gasteiger partial charge in [0.2, 0.25) is 0 Å². The highest BCUT2D eigenvalue weighted by Crippen LogP contribution is 2.20. The summed E-state index contributed by atoms with van der Waals surface area (Å²) in [4.78, 5) is 29.3. The van der Waals surface area contributed by atoms with Gasteiger partial charge in [-0.3, -0.25) is 13.9 Å². The van der Waals surface area contributed by atoms with Gasteiger partial charge in [-0.05, 0) is 37.1 Å². The average Bonchev–Trinajstić information content (AvgIpc) is 3.29. The molecule has 3 aromatic rings. The third kappa shape index (κ3) is 2.62. The Morgan fingerprint density at radius 1 is 1.27 bits per heavy atom. The molecule has 3 heterocycles. The Morgan fingerprint density at radius 3 is 2.77 bits per heavy atom. The van der Waals surface area contributed by atoms with Gasteiger partial charge in [-0.2, -0.15) is 10.2 Å². The molecule has 8 nitrogen and oxygen atoms in total. The summed E-state index contributed by atoms with van der Waals surface area (Å²) >= 11 is 5.85. The summed E-state index contributed by atoms with van der Waals surface area (Å²) in [6.07, 6.45) is 1.29. The second-order valence-corrected chi connectivity index (χ2v) is 6.32. The lowest BCUT2D eigenvalue weighted by Gasteiger charge is -2.09. The Morgan fingerprint density at radius 2 is 2.04 bits per heavy atom. The number of nitrogens with zero attached hydrogens (tertiary/aromatic N) is 5. The van der Waals surface area contributed by atoms with Crippen molar-refractivity contribution in [2.75, 3.05) is 0 Å². The van der Waals surface area contributed by atoms with E-state index in [4.69, 9.17) is 16.1 Å². The van der Waals surface area contributed by atoms with Crippen LogP contribution < -0.4 is 11.2 Å². The van der Waals surface area contributed by atoms with Gasteiger partial charge < -0.3 is 4.52 Å². The van der Waals surface area contributed by atoms with Crippen LogP contribution in [0.15, 0.2) is 38.4 Å². The van der Waals surface area contributed by atoms with E-state index in [-0.39, 0.29) is 23.8 Å². The fraction of sp³-hybridized carbons (Fsp3) is 0.235. The normalized spacial score (nSPS) is 12.8. The molecule has 0 N–H and O–H groups in total. The maximum absolute atomic E-state index is 12.6. The van der Waals surface area contributed by atoms with E-state index in [1.807, 2.05) is 6.07 Å². The minimum absolute atomic E-state index is 0.00326. The van der Waals surface area contributed by atoms with Gasteiger partial charge in [0.25, 0.3) is 11.4 Å². The number of rotatable bonds is 3. The van der Waals surface area contributed by atoms with Gasteiger partial charge in [-0.15, -0.1) is 0 Å². The molecule has 0 fully saturated rings. The van der Waals surface area contributed by atoms with Gasteiger partial charge in [0.15, 0.2) is 5.82 Å². The second-order valence-electron chi connectivity index (χ2n) is 5.89. The third-order valence-corrected chi connectivity index (χ3v) is 4.55. The summed E-state index contributed by atoms with van der Waals surface area (Å²) in [7, 11) is 0. The Bertz CT molecular complexity index is 1150. The predicted octanol–water partition coefficient (Wildman–Crippen LogP) is 1.58. The van der Waals surface area contributed by atoms with Crippen LogP contribution >= 0.6 is 11.6 Å². The van der Waals surface area contributed by atoms with E-state index >= 15 is 0 Å². The van der Waals surface area contributed by atoms with Crippen LogP contribution in [0.4, 0.5) is 0 Å². The molecule has 0 saturated carbocycles. The van der Waals surface area contributed by atoms with Crippen molar-refractivity contribution in [3.8, 4) is 17.5 Å². The molecule has 0 amide bonds. The largest absolute Gasteiger partial charge is 0.334 e. The highest BCUT2D eigenvalue weighted by atomic mass is 35.5. The van der Waals surface area contributed by atoms with E-state index in [2.05, 4.69) is 10.1 Å². The van der Waals surface area contributed by atoms with Gasteiger partial charge in [0.1, 0.15) is 11.6 Å². The Labute approximate surface area is 151 Å². The monoisotopic (exact) mass is 369 g/mol. The molecule has 9 heteroatoms. The number of fused-ring (bicyclic) bond motifs is 1. The molecule has 130 valence electrons. The zero-order chi connectivity index (χ0) is 18.3. The third-order valence-electron chi connectivity index (χ3n) is 4.30. The smallest absolute Gasteiger partial charge is 0.331 e. The minimum Gasteiger partial charge on any atom is -0.334 e. The zero-order valence-corrected chi connectivity index (χ0v) is 14.2. The maximum atomic E-state index is 12.6. The molecule has 0 unspecified atom stereocenters. The standard InChI is InChI=1S/C17H12ClN5O3/c18-11-5-3-10(4-6-11)15-20-14(21-26-15)9-23-16(24)12(8-19)13-2-1-7-22(13)17(23)25/h3-6H,1-2,7,9H2. The lowest BCUT2D eigenvalue weighted by molar-refractivity contribution is 0.418. The second kappa shape index (κ2) is 6.28. The van der Waals surface area contributed by atoms with Crippen LogP contribution in [0.5, 0.6) is 0 Å². The topological polar surface area (TPSA) is 107 Å². The molecule has 26 heavy (non-hydrogen) atoms. The molecule has 0 bridgehead atoms. The first kappa shape index (κ1) is 16.3. The Hall–Kier alpha value is -3.18.